The molecule has 6 nitrogen and oxygen atoms in total. The molecule has 116 valence electrons. The first kappa shape index (κ1) is 14.7. The second kappa shape index (κ2) is 6.70. The molecule has 2 heterocycles. The molecule has 0 bridgehead atoms. The van der Waals surface area contributed by atoms with Crippen LogP contribution in [0.15, 0.2) is 29.1 Å². The number of aromatic amines is 1. The molecule has 0 unspecified atom stereocenters. The van der Waals surface area contributed by atoms with Crippen LogP contribution < -0.4 is 10.9 Å². The predicted octanol–water partition coefficient (Wildman–Crippen LogP) is 1.14. The number of fused-ring (bicyclic) bond motifs is 1. The largest absolute Gasteiger partial charge is 0.349 e. The number of nitrogens with zero attached hydrogens (tertiary/aromatic N) is 2. The number of H-pyrrole nitrogens is 1. The van der Waals surface area contributed by atoms with Crippen LogP contribution in [-0.4, -0.2) is 47.0 Å². The molecule has 1 aromatic heterocycles. The minimum atomic E-state index is -0.329. The molecule has 1 aromatic carbocycles. The van der Waals surface area contributed by atoms with Gasteiger partial charge in [-0.1, -0.05) is 12.1 Å². The van der Waals surface area contributed by atoms with Crippen LogP contribution in [0.5, 0.6) is 0 Å². The monoisotopic (exact) mass is 300 g/mol. The Hall–Kier alpha value is -2.21. The van der Waals surface area contributed by atoms with E-state index in [1.54, 1.807) is 24.3 Å². The fraction of sp³-hybridized carbons (Fsp3) is 0.438. The Bertz CT molecular complexity index is 719. The van der Waals surface area contributed by atoms with E-state index in [9.17, 15) is 9.59 Å². The highest BCUT2D eigenvalue weighted by Crippen LogP contribution is 2.07. The maximum absolute atomic E-state index is 12.1. The fourth-order valence-electron chi connectivity index (χ4n) is 2.79. The lowest BCUT2D eigenvalue weighted by Crippen LogP contribution is -2.31. The maximum atomic E-state index is 12.1. The molecule has 22 heavy (non-hydrogen) atoms. The number of likely N-dealkylation sites (tertiary alicyclic amines) is 1. The van der Waals surface area contributed by atoms with Gasteiger partial charge in [0.25, 0.3) is 11.5 Å². The van der Waals surface area contributed by atoms with Gasteiger partial charge in [-0.15, -0.1) is 0 Å². The zero-order valence-corrected chi connectivity index (χ0v) is 12.5. The van der Waals surface area contributed by atoms with E-state index in [4.69, 9.17) is 0 Å². The Balaban J connectivity index is 1.58. The average Bonchev–Trinajstić information content (AvgIpc) is 3.04. The van der Waals surface area contributed by atoms with Crippen molar-refractivity contribution in [3.63, 3.8) is 0 Å². The molecule has 0 saturated carbocycles. The SMILES string of the molecule is O=C(NCCCN1CCCC1)c1nc2ccccc2c(=O)[nH]1. The summed E-state index contributed by atoms with van der Waals surface area (Å²) in [4.78, 5) is 33.2. The van der Waals surface area contributed by atoms with Crippen molar-refractivity contribution >= 4 is 16.8 Å². The minimum Gasteiger partial charge on any atom is -0.349 e. The van der Waals surface area contributed by atoms with Crippen molar-refractivity contribution in [1.29, 1.82) is 0 Å². The third kappa shape index (κ3) is 3.33. The van der Waals surface area contributed by atoms with Crippen LogP contribution in [0.25, 0.3) is 10.9 Å². The Kier molecular flexibility index (Phi) is 4.48. The summed E-state index contributed by atoms with van der Waals surface area (Å²) in [6.07, 6.45) is 3.45. The topological polar surface area (TPSA) is 78.1 Å². The summed E-state index contributed by atoms with van der Waals surface area (Å²) in [5.74, 6) is -0.255. The first-order valence-corrected chi connectivity index (χ1v) is 7.74. The number of aromatic nitrogens is 2. The van der Waals surface area contributed by atoms with Crippen molar-refractivity contribution < 1.29 is 4.79 Å². The van der Waals surface area contributed by atoms with Gasteiger partial charge in [0.2, 0.25) is 0 Å². The third-order valence-electron chi connectivity index (χ3n) is 3.96. The highest BCUT2D eigenvalue weighted by Gasteiger charge is 2.12. The lowest BCUT2D eigenvalue weighted by Gasteiger charge is -2.14. The van der Waals surface area contributed by atoms with Crippen LogP contribution >= 0.6 is 0 Å². The highest BCUT2D eigenvalue weighted by molar-refractivity contribution is 5.92. The molecule has 6 heteroatoms. The van der Waals surface area contributed by atoms with E-state index in [-0.39, 0.29) is 17.3 Å². The lowest BCUT2D eigenvalue weighted by atomic mass is 10.2. The molecule has 0 atom stereocenters. The quantitative estimate of drug-likeness (QED) is 0.812. The zero-order chi connectivity index (χ0) is 15.4. The van der Waals surface area contributed by atoms with Crippen molar-refractivity contribution in [3.05, 3.63) is 40.4 Å². The number of hydrogen-bond acceptors (Lipinski definition) is 4. The average molecular weight is 300 g/mol. The summed E-state index contributed by atoms with van der Waals surface area (Å²) in [5, 5.41) is 3.31. The standard InChI is InChI=1S/C16H20N4O2/c21-15-12-6-1-2-7-13(12)18-14(19-15)16(22)17-8-5-11-20-9-3-4-10-20/h1-2,6-7H,3-5,8-11H2,(H,17,22)(H,18,19,21). The second-order valence-corrected chi connectivity index (χ2v) is 5.59. The number of benzene rings is 1. The van der Waals surface area contributed by atoms with Crippen molar-refractivity contribution in [2.75, 3.05) is 26.2 Å². The van der Waals surface area contributed by atoms with Crippen molar-refractivity contribution in [3.8, 4) is 0 Å². The van der Waals surface area contributed by atoms with Gasteiger partial charge in [-0.2, -0.15) is 0 Å². The number of carbonyl (C=O) groups excluding carboxylic acids is 1. The van der Waals surface area contributed by atoms with E-state index in [1.165, 1.54) is 12.8 Å². The predicted molar refractivity (Wildman–Crippen MR) is 85.0 cm³/mol. The molecule has 2 aromatic rings. The van der Waals surface area contributed by atoms with E-state index < -0.39 is 0 Å². The summed E-state index contributed by atoms with van der Waals surface area (Å²) >= 11 is 0. The summed E-state index contributed by atoms with van der Waals surface area (Å²) in [6, 6.07) is 7.00. The van der Waals surface area contributed by atoms with Gasteiger partial charge in [0, 0.05) is 6.54 Å². The number of para-hydroxylation sites is 1. The fourth-order valence-corrected chi connectivity index (χ4v) is 2.79. The molecule has 2 N–H and O–H groups in total. The summed E-state index contributed by atoms with van der Waals surface area (Å²) in [7, 11) is 0. The van der Waals surface area contributed by atoms with Crippen LogP contribution in [0.1, 0.15) is 29.9 Å². The summed E-state index contributed by atoms with van der Waals surface area (Å²) < 4.78 is 0. The van der Waals surface area contributed by atoms with E-state index >= 15 is 0 Å². The van der Waals surface area contributed by atoms with Crippen LogP contribution in [-0.2, 0) is 0 Å². The molecule has 3 rings (SSSR count). The zero-order valence-electron chi connectivity index (χ0n) is 12.5. The van der Waals surface area contributed by atoms with E-state index in [2.05, 4.69) is 20.2 Å². The lowest BCUT2D eigenvalue weighted by molar-refractivity contribution is 0.0941. The van der Waals surface area contributed by atoms with Gasteiger partial charge in [0.15, 0.2) is 5.82 Å². The molecule has 1 amide bonds. The summed E-state index contributed by atoms with van der Waals surface area (Å²) in [6.45, 7) is 3.91. The Morgan fingerprint density at radius 2 is 2.05 bits per heavy atom. The van der Waals surface area contributed by atoms with Crippen LogP contribution in [0, 0.1) is 0 Å². The normalized spacial score (nSPS) is 15.3. The number of nitrogens with one attached hydrogen (secondary N) is 2. The Morgan fingerprint density at radius 3 is 2.86 bits per heavy atom. The number of hydrogen-bond donors (Lipinski definition) is 2. The smallest absolute Gasteiger partial charge is 0.287 e. The van der Waals surface area contributed by atoms with Crippen molar-refractivity contribution in [2.24, 2.45) is 0 Å². The number of rotatable bonds is 5. The van der Waals surface area contributed by atoms with Crippen molar-refractivity contribution in [1.82, 2.24) is 20.2 Å². The molecule has 1 aliphatic heterocycles. The molecular formula is C16H20N4O2. The highest BCUT2D eigenvalue weighted by atomic mass is 16.2. The number of amides is 1. The summed E-state index contributed by atoms with van der Waals surface area (Å²) in [5.41, 5.74) is 0.251. The first-order valence-electron chi connectivity index (χ1n) is 7.74. The second-order valence-electron chi connectivity index (χ2n) is 5.59. The molecule has 0 spiro atoms. The van der Waals surface area contributed by atoms with Gasteiger partial charge < -0.3 is 15.2 Å². The van der Waals surface area contributed by atoms with Gasteiger partial charge in [-0.25, -0.2) is 4.98 Å². The molecule has 0 radical (unpaired) electrons. The Morgan fingerprint density at radius 1 is 1.27 bits per heavy atom. The van der Waals surface area contributed by atoms with Gasteiger partial charge >= 0.3 is 0 Å². The van der Waals surface area contributed by atoms with Crippen LogP contribution in [0.4, 0.5) is 0 Å². The van der Waals surface area contributed by atoms with Crippen molar-refractivity contribution in [2.45, 2.75) is 19.3 Å². The van der Waals surface area contributed by atoms with Gasteiger partial charge in [-0.05, 0) is 51.0 Å². The van der Waals surface area contributed by atoms with Gasteiger partial charge in [-0.3, -0.25) is 9.59 Å². The Labute approximate surface area is 128 Å². The van der Waals surface area contributed by atoms with Gasteiger partial charge in [0.05, 0.1) is 10.9 Å². The molecule has 1 fully saturated rings. The first-order chi connectivity index (χ1) is 10.7. The number of carbonyl (C=O) groups is 1. The van der Waals surface area contributed by atoms with E-state index in [1.807, 2.05) is 0 Å². The molecule has 1 saturated heterocycles. The van der Waals surface area contributed by atoms with Gasteiger partial charge in [0.1, 0.15) is 0 Å². The molecule has 1 aliphatic rings. The van der Waals surface area contributed by atoms with Crippen LogP contribution in [0.3, 0.4) is 0 Å². The minimum absolute atomic E-state index is 0.0740. The molecule has 0 aliphatic carbocycles. The molecular weight excluding hydrogens is 280 g/mol. The maximum Gasteiger partial charge on any atom is 0.287 e. The van der Waals surface area contributed by atoms with Crippen LogP contribution in [0.2, 0.25) is 0 Å². The van der Waals surface area contributed by atoms with E-state index in [0.717, 1.165) is 26.1 Å². The van der Waals surface area contributed by atoms with E-state index in [0.29, 0.717) is 17.4 Å². The third-order valence-corrected chi connectivity index (χ3v) is 3.96.